The van der Waals surface area contributed by atoms with Crippen LogP contribution in [0.5, 0.6) is 11.6 Å². The highest BCUT2D eigenvalue weighted by Crippen LogP contribution is 2.27. The molecule has 0 N–H and O–H groups in total. The zero-order chi connectivity index (χ0) is 17.6. The van der Waals surface area contributed by atoms with Gasteiger partial charge in [0.2, 0.25) is 5.88 Å². The van der Waals surface area contributed by atoms with Gasteiger partial charge in [-0.2, -0.15) is 0 Å². The first-order chi connectivity index (χ1) is 12.2. The molecule has 0 unspecified atom stereocenters. The van der Waals surface area contributed by atoms with Crippen molar-refractivity contribution >= 4 is 35.1 Å². The molecule has 0 fully saturated rings. The number of hydrogen-bond donors (Lipinski definition) is 0. The summed E-state index contributed by atoms with van der Waals surface area (Å²) in [7, 11) is 0. The van der Waals surface area contributed by atoms with E-state index in [4.69, 9.17) is 27.9 Å². The van der Waals surface area contributed by atoms with Gasteiger partial charge in [-0.15, -0.1) is 10.2 Å². The summed E-state index contributed by atoms with van der Waals surface area (Å²) in [5.74, 6) is 0.945. The standard InChI is InChI=1S/C19H12Cl2N2O2/c20-15-5-1-13(2-6-15)17(11-12-24)14-3-7-16(8-4-14)25-19-10-9-18(21)22-23-19/h1-12H/b17-11-. The van der Waals surface area contributed by atoms with Gasteiger partial charge in [0.1, 0.15) is 12.0 Å². The smallest absolute Gasteiger partial charge is 0.238 e. The first-order valence-electron chi connectivity index (χ1n) is 7.34. The van der Waals surface area contributed by atoms with Crippen molar-refractivity contribution in [3.63, 3.8) is 0 Å². The van der Waals surface area contributed by atoms with E-state index < -0.39 is 0 Å². The molecule has 0 saturated carbocycles. The van der Waals surface area contributed by atoms with E-state index in [0.29, 0.717) is 21.8 Å². The molecule has 0 saturated heterocycles. The van der Waals surface area contributed by atoms with E-state index in [1.807, 2.05) is 24.3 Å². The van der Waals surface area contributed by atoms with Crippen LogP contribution < -0.4 is 4.74 Å². The summed E-state index contributed by atoms with van der Waals surface area (Å²) in [6, 6.07) is 17.8. The van der Waals surface area contributed by atoms with E-state index in [2.05, 4.69) is 10.2 Å². The van der Waals surface area contributed by atoms with Crippen molar-refractivity contribution in [3.8, 4) is 11.6 Å². The summed E-state index contributed by atoms with van der Waals surface area (Å²) in [6.45, 7) is 0. The molecular weight excluding hydrogens is 359 g/mol. The Morgan fingerprint density at radius 1 is 0.840 bits per heavy atom. The number of halogens is 2. The van der Waals surface area contributed by atoms with Crippen LogP contribution >= 0.6 is 23.2 Å². The highest BCUT2D eigenvalue weighted by atomic mass is 35.5. The molecule has 0 aliphatic heterocycles. The normalized spacial score (nSPS) is 11.2. The van der Waals surface area contributed by atoms with Gasteiger partial charge in [0.15, 0.2) is 5.15 Å². The van der Waals surface area contributed by atoms with E-state index in [9.17, 15) is 4.79 Å². The second-order valence-corrected chi connectivity index (χ2v) is 5.87. The molecule has 0 spiro atoms. The van der Waals surface area contributed by atoms with E-state index in [0.717, 1.165) is 23.0 Å². The molecule has 4 nitrogen and oxygen atoms in total. The summed E-state index contributed by atoms with van der Waals surface area (Å²) < 4.78 is 5.61. The number of nitrogens with zero attached hydrogens (tertiary/aromatic N) is 2. The Morgan fingerprint density at radius 2 is 1.48 bits per heavy atom. The SMILES string of the molecule is O=C/C=C(/c1ccc(Cl)cc1)c1ccc(Oc2ccc(Cl)nn2)cc1. The first kappa shape index (κ1) is 17.1. The number of aldehydes is 1. The number of ether oxygens (including phenoxy) is 1. The summed E-state index contributed by atoms with van der Waals surface area (Å²) in [5.41, 5.74) is 2.57. The molecule has 0 bridgehead atoms. The molecule has 1 heterocycles. The van der Waals surface area contributed by atoms with Crippen LogP contribution in [0.2, 0.25) is 10.2 Å². The molecule has 3 rings (SSSR count). The van der Waals surface area contributed by atoms with Crippen LogP contribution in [-0.4, -0.2) is 16.5 Å². The van der Waals surface area contributed by atoms with Crippen LogP contribution in [0.15, 0.2) is 66.7 Å². The highest BCUT2D eigenvalue weighted by molar-refractivity contribution is 6.30. The fourth-order valence-corrected chi connectivity index (χ4v) is 2.46. The van der Waals surface area contributed by atoms with Crippen molar-refractivity contribution in [1.82, 2.24) is 10.2 Å². The second-order valence-electron chi connectivity index (χ2n) is 5.04. The molecule has 0 atom stereocenters. The van der Waals surface area contributed by atoms with Crippen LogP contribution in [0, 0.1) is 0 Å². The minimum absolute atomic E-state index is 0.300. The van der Waals surface area contributed by atoms with Gasteiger partial charge >= 0.3 is 0 Å². The van der Waals surface area contributed by atoms with Gasteiger partial charge in [0, 0.05) is 11.1 Å². The molecular formula is C19H12Cl2N2O2. The van der Waals surface area contributed by atoms with Crippen molar-refractivity contribution in [2.24, 2.45) is 0 Å². The predicted molar refractivity (Wildman–Crippen MR) is 98.2 cm³/mol. The van der Waals surface area contributed by atoms with E-state index >= 15 is 0 Å². The fourth-order valence-electron chi connectivity index (χ4n) is 2.24. The third kappa shape index (κ3) is 4.44. The fraction of sp³-hybridized carbons (Fsp3) is 0. The average molecular weight is 371 g/mol. The quantitative estimate of drug-likeness (QED) is 0.457. The van der Waals surface area contributed by atoms with Crippen LogP contribution in [0.1, 0.15) is 11.1 Å². The third-order valence-corrected chi connectivity index (χ3v) is 3.84. The van der Waals surface area contributed by atoms with Crippen molar-refractivity contribution in [3.05, 3.63) is 88.0 Å². The molecule has 2 aromatic carbocycles. The molecule has 3 aromatic rings. The van der Waals surface area contributed by atoms with Crippen LogP contribution in [0.4, 0.5) is 0 Å². The summed E-state index contributed by atoms with van der Waals surface area (Å²) in [5, 5.41) is 8.51. The minimum Gasteiger partial charge on any atom is -0.438 e. The van der Waals surface area contributed by atoms with Gasteiger partial charge in [-0.05, 0) is 53.1 Å². The number of allylic oxidation sites excluding steroid dienone is 1. The maximum Gasteiger partial charge on any atom is 0.238 e. The number of carbonyl (C=O) groups excluding carboxylic acids is 1. The molecule has 0 amide bonds. The molecule has 124 valence electrons. The van der Waals surface area contributed by atoms with Gasteiger partial charge in [0.05, 0.1) is 0 Å². The third-order valence-electron chi connectivity index (χ3n) is 3.39. The zero-order valence-electron chi connectivity index (χ0n) is 12.9. The second kappa shape index (κ2) is 7.92. The Hall–Kier alpha value is -2.69. The maximum atomic E-state index is 11.0. The summed E-state index contributed by atoms with van der Waals surface area (Å²) in [4.78, 5) is 11.0. The molecule has 6 heteroatoms. The largest absolute Gasteiger partial charge is 0.438 e. The summed E-state index contributed by atoms with van der Waals surface area (Å²) in [6.07, 6.45) is 2.28. The molecule has 0 aliphatic carbocycles. The monoisotopic (exact) mass is 370 g/mol. The van der Waals surface area contributed by atoms with E-state index in [1.165, 1.54) is 6.08 Å². The molecule has 0 aliphatic rings. The molecule has 0 radical (unpaired) electrons. The van der Waals surface area contributed by atoms with Gasteiger partial charge in [-0.1, -0.05) is 47.5 Å². The van der Waals surface area contributed by atoms with Gasteiger partial charge < -0.3 is 4.74 Å². The van der Waals surface area contributed by atoms with E-state index in [-0.39, 0.29) is 0 Å². The van der Waals surface area contributed by atoms with Gasteiger partial charge in [-0.25, -0.2) is 0 Å². The van der Waals surface area contributed by atoms with Crippen molar-refractivity contribution in [1.29, 1.82) is 0 Å². The van der Waals surface area contributed by atoms with Gasteiger partial charge in [-0.3, -0.25) is 4.79 Å². The van der Waals surface area contributed by atoms with Crippen molar-refractivity contribution in [2.45, 2.75) is 0 Å². The van der Waals surface area contributed by atoms with Crippen LogP contribution in [0.3, 0.4) is 0 Å². The maximum absolute atomic E-state index is 11.0. The lowest BCUT2D eigenvalue weighted by atomic mass is 9.98. The number of benzene rings is 2. The highest BCUT2D eigenvalue weighted by Gasteiger charge is 2.06. The Kier molecular flexibility index (Phi) is 5.43. The topological polar surface area (TPSA) is 52.1 Å². The Morgan fingerprint density at radius 3 is 2.04 bits per heavy atom. The summed E-state index contributed by atoms with van der Waals surface area (Å²) >= 11 is 11.6. The first-order valence-corrected chi connectivity index (χ1v) is 8.10. The predicted octanol–water partition coefficient (Wildman–Crippen LogP) is 5.21. The van der Waals surface area contributed by atoms with Crippen molar-refractivity contribution in [2.75, 3.05) is 0 Å². The Labute approximate surface area is 154 Å². The average Bonchev–Trinajstić information content (AvgIpc) is 2.63. The number of carbonyl (C=O) groups is 1. The zero-order valence-corrected chi connectivity index (χ0v) is 14.4. The van der Waals surface area contributed by atoms with Crippen LogP contribution in [0.25, 0.3) is 5.57 Å². The Balaban J connectivity index is 1.84. The lowest BCUT2D eigenvalue weighted by Crippen LogP contribution is -1.92. The molecule has 1 aromatic heterocycles. The lowest BCUT2D eigenvalue weighted by Gasteiger charge is -2.09. The van der Waals surface area contributed by atoms with Crippen molar-refractivity contribution < 1.29 is 9.53 Å². The van der Waals surface area contributed by atoms with Crippen LogP contribution in [-0.2, 0) is 4.79 Å². The minimum atomic E-state index is 0.300. The number of hydrogen-bond acceptors (Lipinski definition) is 4. The van der Waals surface area contributed by atoms with Gasteiger partial charge in [0.25, 0.3) is 0 Å². The number of rotatable bonds is 5. The Bertz CT molecular complexity index is 890. The number of aromatic nitrogens is 2. The van der Waals surface area contributed by atoms with E-state index in [1.54, 1.807) is 36.4 Å². The lowest BCUT2D eigenvalue weighted by molar-refractivity contribution is -0.104. The molecule has 25 heavy (non-hydrogen) atoms.